The molecule has 8 heteroatoms. The van der Waals surface area contributed by atoms with Crippen LogP contribution < -0.4 is 10.6 Å². The number of anilines is 2. The molecule has 1 aromatic heterocycles. The number of hydrogen-bond donors (Lipinski definition) is 2. The summed E-state index contributed by atoms with van der Waals surface area (Å²) in [5, 5.41) is 6.01. The van der Waals surface area contributed by atoms with Crippen LogP contribution in [-0.4, -0.2) is 41.3 Å². The van der Waals surface area contributed by atoms with Crippen molar-refractivity contribution in [2.45, 2.75) is 19.3 Å². The number of aromatic nitrogens is 1. The minimum Gasteiger partial charge on any atom is -0.326 e. The maximum atomic E-state index is 13.2. The van der Waals surface area contributed by atoms with Crippen LogP contribution >= 0.6 is 11.6 Å². The number of pyridine rings is 1. The van der Waals surface area contributed by atoms with E-state index in [0.29, 0.717) is 29.6 Å². The molecule has 1 aromatic carbocycles. The normalized spacial score (nSPS) is 17.1. The van der Waals surface area contributed by atoms with Gasteiger partial charge in [-0.2, -0.15) is 0 Å². The lowest BCUT2D eigenvalue weighted by Gasteiger charge is -2.31. The zero-order valence-electron chi connectivity index (χ0n) is 15.3. The largest absolute Gasteiger partial charge is 0.326 e. The molecule has 0 radical (unpaired) electrons. The molecule has 1 saturated heterocycles. The Morgan fingerprint density at radius 2 is 2.11 bits per heavy atom. The van der Waals surface area contributed by atoms with Crippen molar-refractivity contribution >= 4 is 34.9 Å². The molecule has 3 rings (SSSR count). The number of carbonyl (C=O) groups excluding carboxylic acids is 2. The van der Waals surface area contributed by atoms with E-state index in [1.807, 2.05) is 0 Å². The molecular formula is C20H22ClFN4O2. The fourth-order valence-electron chi connectivity index (χ4n) is 3.20. The lowest BCUT2D eigenvalue weighted by molar-refractivity contribution is -0.121. The van der Waals surface area contributed by atoms with Crippen molar-refractivity contribution in [1.29, 1.82) is 0 Å². The first-order valence-electron chi connectivity index (χ1n) is 9.20. The molecule has 2 heterocycles. The average molecular weight is 405 g/mol. The lowest BCUT2D eigenvalue weighted by Crippen LogP contribution is -2.41. The Kier molecular flexibility index (Phi) is 6.95. The summed E-state index contributed by atoms with van der Waals surface area (Å²) in [4.78, 5) is 30.8. The van der Waals surface area contributed by atoms with Gasteiger partial charge in [0, 0.05) is 31.4 Å². The van der Waals surface area contributed by atoms with Crippen molar-refractivity contribution in [2.75, 3.05) is 30.3 Å². The molecule has 6 nitrogen and oxygen atoms in total. The van der Waals surface area contributed by atoms with Crippen molar-refractivity contribution in [1.82, 2.24) is 9.88 Å². The number of benzene rings is 1. The molecule has 0 bridgehead atoms. The van der Waals surface area contributed by atoms with Gasteiger partial charge in [-0.15, -0.1) is 0 Å². The number of nitrogens with zero attached hydrogens (tertiary/aromatic N) is 2. The number of rotatable bonds is 6. The van der Waals surface area contributed by atoms with Crippen LogP contribution in [0.5, 0.6) is 0 Å². The van der Waals surface area contributed by atoms with Crippen LogP contribution in [0.25, 0.3) is 0 Å². The van der Waals surface area contributed by atoms with Gasteiger partial charge < -0.3 is 15.5 Å². The van der Waals surface area contributed by atoms with E-state index in [1.165, 1.54) is 18.3 Å². The Labute approximate surface area is 168 Å². The molecule has 0 spiro atoms. The third kappa shape index (κ3) is 6.00. The van der Waals surface area contributed by atoms with Crippen molar-refractivity contribution in [3.8, 4) is 0 Å². The molecule has 1 fully saturated rings. The highest BCUT2D eigenvalue weighted by atomic mass is 35.5. The number of amides is 2. The van der Waals surface area contributed by atoms with Gasteiger partial charge in [-0.3, -0.25) is 9.59 Å². The van der Waals surface area contributed by atoms with Crippen LogP contribution in [-0.2, 0) is 9.59 Å². The van der Waals surface area contributed by atoms with Gasteiger partial charge in [-0.1, -0.05) is 17.7 Å². The third-order valence-corrected chi connectivity index (χ3v) is 4.84. The first-order chi connectivity index (χ1) is 13.5. The van der Waals surface area contributed by atoms with E-state index in [0.717, 1.165) is 19.4 Å². The quantitative estimate of drug-likeness (QED) is 0.772. The van der Waals surface area contributed by atoms with Gasteiger partial charge >= 0.3 is 0 Å². The zero-order valence-corrected chi connectivity index (χ0v) is 16.1. The molecule has 1 aliphatic heterocycles. The highest BCUT2D eigenvalue weighted by Gasteiger charge is 2.26. The Morgan fingerprint density at radius 3 is 2.86 bits per heavy atom. The highest BCUT2D eigenvalue weighted by molar-refractivity contribution is 6.30. The molecule has 1 aliphatic rings. The van der Waals surface area contributed by atoms with Gasteiger partial charge in [-0.05, 0) is 49.7 Å². The number of piperidine rings is 1. The predicted octanol–water partition coefficient (Wildman–Crippen LogP) is 3.55. The number of carbonyl (C=O) groups is 2. The highest BCUT2D eigenvalue weighted by Crippen LogP contribution is 2.19. The monoisotopic (exact) mass is 404 g/mol. The first-order valence-corrected chi connectivity index (χ1v) is 9.57. The van der Waals surface area contributed by atoms with Crippen molar-refractivity contribution in [2.24, 2.45) is 5.92 Å². The van der Waals surface area contributed by atoms with Crippen LogP contribution in [0.3, 0.4) is 0 Å². The van der Waals surface area contributed by atoms with Gasteiger partial charge in [0.15, 0.2) is 0 Å². The van der Waals surface area contributed by atoms with Gasteiger partial charge in [0.05, 0.1) is 10.9 Å². The van der Waals surface area contributed by atoms with Crippen molar-refractivity contribution in [3.63, 3.8) is 0 Å². The molecule has 2 N–H and O–H groups in total. The van der Waals surface area contributed by atoms with Crippen LogP contribution in [0.1, 0.15) is 19.3 Å². The van der Waals surface area contributed by atoms with E-state index in [9.17, 15) is 14.0 Å². The summed E-state index contributed by atoms with van der Waals surface area (Å²) in [5.74, 6) is -0.331. The molecule has 1 unspecified atom stereocenters. The fraction of sp³-hybridized carbons (Fsp3) is 0.350. The molecule has 2 aromatic rings. The summed E-state index contributed by atoms with van der Waals surface area (Å²) < 4.78 is 13.2. The lowest BCUT2D eigenvalue weighted by atomic mass is 9.97. The van der Waals surface area contributed by atoms with E-state index in [4.69, 9.17) is 11.6 Å². The summed E-state index contributed by atoms with van der Waals surface area (Å²) in [6.45, 7) is 1.98. The molecule has 28 heavy (non-hydrogen) atoms. The Hall–Kier alpha value is -2.51. The summed E-state index contributed by atoms with van der Waals surface area (Å²) in [6.07, 6.45) is 3.45. The summed E-state index contributed by atoms with van der Waals surface area (Å²) in [6, 6.07) is 9.14. The van der Waals surface area contributed by atoms with E-state index in [1.54, 1.807) is 24.3 Å². The predicted molar refractivity (Wildman–Crippen MR) is 107 cm³/mol. The van der Waals surface area contributed by atoms with Crippen LogP contribution in [0.4, 0.5) is 15.9 Å². The second kappa shape index (κ2) is 9.61. The van der Waals surface area contributed by atoms with Crippen molar-refractivity contribution < 1.29 is 14.0 Å². The average Bonchev–Trinajstić information content (AvgIpc) is 2.68. The Morgan fingerprint density at radius 1 is 1.25 bits per heavy atom. The summed E-state index contributed by atoms with van der Waals surface area (Å²) >= 11 is 5.80. The second-order valence-corrected chi connectivity index (χ2v) is 7.24. The smallest absolute Gasteiger partial charge is 0.229 e. The van der Waals surface area contributed by atoms with Crippen LogP contribution in [0.15, 0.2) is 42.6 Å². The second-order valence-electron chi connectivity index (χ2n) is 6.80. The Balaban J connectivity index is 1.45. The standard InChI is InChI=1S/C20H22ClFN4O2/c21-15-6-7-18(23-12-15)25-20(28)14-3-2-9-26(13-14)10-8-19(27)24-17-5-1-4-16(22)11-17/h1,4-7,11-12,14H,2-3,8-10,13H2,(H,24,27)(H,23,25,28). The topological polar surface area (TPSA) is 74.3 Å². The molecule has 148 valence electrons. The molecular weight excluding hydrogens is 383 g/mol. The maximum Gasteiger partial charge on any atom is 0.229 e. The summed E-state index contributed by atoms with van der Waals surface area (Å²) in [7, 11) is 0. The van der Waals surface area contributed by atoms with Gasteiger partial charge in [0.2, 0.25) is 11.8 Å². The molecule has 0 aliphatic carbocycles. The van der Waals surface area contributed by atoms with Crippen molar-refractivity contribution in [3.05, 3.63) is 53.4 Å². The van der Waals surface area contributed by atoms with Crippen LogP contribution in [0.2, 0.25) is 5.02 Å². The van der Waals surface area contributed by atoms with E-state index < -0.39 is 5.82 Å². The number of likely N-dealkylation sites (tertiary alicyclic amines) is 1. The molecule has 2 amide bonds. The number of nitrogens with one attached hydrogen (secondary N) is 2. The van der Waals surface area contributed by atoms with E-state index >= 15 is 0 Å². The molecule has 1 atom stereocenters. The van der Waals surface area contributed by atoms with E-state index in [-0.39, 0.29) is 24.2 Å². The Bertz CT molecular complexity index is 831. The first kappa shape index (κ1) is 20.2. The van der Waals surface area contributed by atoms with Gasteiger partial charge in [0.1, 0.15) is 11.6 Å². The number of hydrogen-bond acceptors (Lipinski definition) is 4. The number of halogens is 2. The van der Waals surface area contributed by atoms with Gasteiger partial charge in [0.25, 0.3) is 0 Å². The SMILES string of the molecule is O=C(CCN1CCCC(C(=O)Nc2ccc(Cl)cn2)C1)Nc1cccc(F)c1. The summed E-state index contributed by atoms with van der Waals surface area (Å²) in [5.41, 5.74) is 0.441. The molecule has 0 saturated carbocycles. The third-order valence-electron chi connectivity index (χ3n) is 4.62. The maximum absolute atomic E-state index is 13.2. The fourth-order valence-corrected chi connectivity index (χ4v) is 3.31. The van der Waals surface area contributed by atoms with E-state index in [2.05, 4.69) is 20.5 Å². The zero-order chi connectivity index (χ0) is 19.9. The minimum absolute atomic E-state index is 0.0799. The van der Waals surface area contributed by atoms with Crippen LogP contribution in [0, 0.1) is 11.7 Å². The van der Waals surface area contributed by atoms with Gasteiger partial charge in [-0.25, -0.2) is 9.37 Å². The minimum atomic E-state index is -0.391.